The van der Waals surface area contributed by atoms with Crippen molar-refractivity contribution < 1.29 is 19.4 Å². The number of carbonyl (C=O) groups excluding carboxylic acids is 1. The van der Waals surface area contributed by atoms with Crippen LogP contribution in [0.5, 0.6) is 0 Å². The predicted octanol–water partition coefficient (Wildman–Crippen LogP) is 4.37. The van der Waals surface area contributed by atoms with Crippen LogP contribution in [0.2, 0.25) is 0 Å². The summed E-state index contributed by atoms with van der Waals surface area (Å²) in [5, 5.41) is 12.7. The van der Waals surface area contributed by atoms with Gasteiger partial charge in [-0.3, -0.25) is 4.79 Å². The number of carboxylic acid groups (broad SMARTS) is 1. The van der Waals surface area contributed by atoms with Gasteiger partial charge in [0.1, 0.15) is 0 Å². The van der Waals surface area contributed by atoms with Gasteiger partial charge < -0.3 is 29.2 Å². The Hall–Kier alpha value is -3.85. The Morgan fingerprint density at radius 1 is 1.18 bits per heavy atom. The average Bonchev–Trinajstić information content (AvgIpc) is 3.54. The topological polar surface area (TPSA) is 102 Å². The number of fused-ring (bicyclic) bond motifs is 3. The molecule has 0 spiro atoms. The average molecular weight is 528 g/mol. The smallest absolute Gasteiger partial charge is 0.404 e. The lowest BCUT2D eigenvalue weighted by atomic mass is 9.97. The largest absolute Gasteiger partial charge is 0.465 e. The molecule has 2 aliphatic heterocycles. The van der Waals surface area contributed by atoms with Crippen LogP contribution in [0, 0.1) is 5.92 Å². The Balaban J connectivity index is 1.27. The lowest BCUT2D eigenvalue weighted by Gasteiger charge is -2.30. The van der Waals surface area contributed by atoms with E-state index >= 15 is 0 Å². The Bertz CT molecular complexity index is 1630. The van der Waals surface area contributed by atoms with Gasteiger partial charge in [-0.15, -0.1) is 0 Å². The van der Waals surface area contributed by atoms with Gasteiger partial charge in [-0.2, -0.15) is 0 Å². The van der Waals surface area contributed by atoms with Gasteiger partial charge in [-0.05, 0) is 67.5 Å². The Morgan fingerprint density at radius 3 is 2.72 bits per heavy atom. The van der Waals surface area contributed by atoms with Gasteiger partial charge in [0.15, 0.2) is 5.82 Å². The van der Waals surface area contributed by atoms with E-state index in [9.17, 15) is 9.59 Å². The lowest BCUT2D eigenvalue weighted by molar-refractivity contribution is 0.00846. The van der Waals surface area contributed by atoms with Crippen molar-refractivity contribution in [1.82, 2.24) is 24.3 Å². The fourth-order valence-electron chi connectivity index (χ4n) is 6.10. The van der Waals surface area contributed by atoms with Gasteiger partial charge in [0.25, 0.3) is 5.91 Å². The zero-order chi connectivity index (χ0) is 26.8. The second-order valence-corrected chi connectivity index (χ2v) is 11.5. The summed E-state index contributed by atoms with van der Waals surface area (Å²) in [7, 11) is 2.06. The van der Waals surface area contributed by atoms with E-state index in [-0.39, 0.29) is 11.9 Å². The van der Waals surface area contributed by atoms with E-state index in [1.807, 2.05) is 6.07 Å². The minimum absolute atomic E-state index is 0.0697. The van der Waals surface area contributed by atoms with Gasteiger partial charge >= 0.3 is 6.09 Å². The number of imidazole rings is 1. The molecule has 9 heteroatoms. The van der Waals surface area contributed by atoms with Crippen LogP contribution >= 0.6 is 0 Å². The molecule has 0 unspecified atom stereocenters. The number of nitrogens with one attached hydrogen (secondary N) is 1. The number of hydrogen-bond acceptors (Lipinski definition) is 4. The summed E-state index contributed by atoms with van der Waals surface area (Å²) in [6, 6.07) is 12.7. The molecule has 1 saturated heterocycles. The third kappa shape index (κ3) is 4.25. The monoisotopic (exact) mass is 527 g/mol. The molecular weight excluding hydrogens is 494 g/mol. The number of aryl methyl sites for hydroxylation is 1. The maximum absolute atomic E-state index is 13.4. The van der Waals surface area contributed by atoms with E-state index in [4.69, 9.17) is 14.8 Å². The maximum atomic E-state index is 13.4. The van der Waals surface area contributed by atoms with Gasteiger partial charge in [0.05, 0.1) is 29.9 Å². The summed E-state index contributed by atoms with van der Waals surface area (Å²) >= 11 is 0. The van der Waals surface area contributed by atoms with Crippen molar-refractivity contribution in [2.24, 2.45) is 13.0 Å². The van der Waals surface area contributed by atoms with Crippen molar-refractivity contribution in [1.29, 1.82) is 0 Å². The van der Waals surface area contributed by atoms with Gasteiger partial charge in [-0.25, -0.2) is 9.78 Å². The van der Waals surface area contributed by atoms with Crippen LogP contribution < -0.4 is 5.32 Å². The molecule has 39 heavy (non-hydrogen) atoms. The van der Waals surface area contributed by atoms with E-state index in [2.05, 4.69) is 51.8 Å². The number of aromatic nitrogens is 3. The van der Waals surface area contributed by atoms with E-state index in [1.54, 1.807) is 11.8 Å². The molecule has 9 nitrogen and oxygen atoms in total. The molecule has 4 aromatic rings. The minimum Gasteiger partial charge on any atom is -0.465 e. The SMILES string of the molecule is C[C@H](CN1CCc2cc3c(cc2C1=O)nc(-c1cc2ccc(C4COC4)cc2n1CC1CC1)n3C)NC(=O)O. The molecule has 3 aliphatic rings. The van der Waals surface area contributed by atoms with Crippen LogP contribution in [0.3, 0.4) is 0 Å². The standard InChI is InChI=1S/C30H33N5O4/c1-17(31-30(37)38)13-34-8-7-20-10-26-24(12-23(20)29(34)36)32-28(33(26)2)27-11-21-6-5-19(22-15-39-16-22)9-25(21)35(27)14-18-3-4-18/h5-6,9-12,17-18,22,31H,3-4,7-8,13-16H2,1-2H3,(H,37,38)/t17-/m1/s1. The zero-order valence-corrected chi connectivity index (χ0v) is 22.3. The lowest BCUT2D eigenvalue weighted by Crippen LogP contribution is -2.46. The first kappa shape index (κ1) is 24.2. The summed E-state index contributed by atoms with van der Waals surface area (Å²) in [5.41, 5.74) is 7.19. The van der Waals surface area contributed by atoms with Gasteiger partial charge in [0.2, 0.25) is 0 Å². The van der Waals surface area contributed by atoms with Crippen molar-refractivity contribution in [3.05, 3.63) is 53.1 Å². The number of benzene rings is 2. The van der Waals surface area contributed by atoms with Crippen molar-refractivity contribution in [3.63, 3.8) is 0 Å². The normalized spacial score (nSPS) is 18.4. The molecule has 2 amide bonds. The number of carbonyl (C=O) groups is 2. The Labute approximate surface area is 226 Å². The van der Waals surface area contributed by atoms with E-state index in [1.165, 1.54) is 29.3 Å². The molecule has 7 rings (SSSR count). The number of hydrogen-bond donors (Lipinski definition) is 2. The zero-order valence-electron chi connectivity index (χ0n) is 22.3. The van der Waals surface area contributed by atoms with Crippen LogP contribution in [-0.2, 0) is 24.8 Å². The van der Waals surface area contributed by atoms with Crippen molar-refractivity contribution >= 4 is 33.9 Å². The summed E-state index contributed by atoms with van der Waals surface area (Å²) in [6.45, 7) is 5.25. The minimum atomic E-state index is -1.08. The molecular formula is C30H33N5O4. The Kier molecular flexibility index (Phi) is 5.66. The fraction of sp³-hybridized carbons (Fsp3) is 0.433. The maximum Gasteiger partial charge on any atom is 0.404 e. The molecule has 4 heterocycles. The summed E-state index contributed by atoms with van der Waals surface area (Å²) < 4.78 is 10.0. The molecule has 2 N–H and O–H groups in total. The highest BCUT2D eigenvalue weighted by Crippen LogP contribution is 2.38. The molecule has 1 saturated carbocycles. The molecule has 1 aliphatic carbocycles. The molecule has 2 aromatic heterocycles. The summed E-state index contributed by atoms with van der Waals surface area (Å²) in [5.74, 6) is 2.02. The third-order valence-corrected chi connectivity index (χ3v) is 8.54. The van der Waals surface area contributed by atoms with E-state index < -0.39 is 6.09 Å². The molecule has 1 atom stereocenters. The van der Waals surface area contributed by atoms with Crippen LogP contribution in [0.4, 0.5) is 4.79 Å². The third-order valence-electron chi connectivity index (χ3n) is 8.54. The quantitative estimate of drug-likeness (QED) is 0.372. The molecule has 0 radical (unpaired) electrons. The molecule has 0 bridgehead atoms. The van der Waals surface area contributed by atoms with Crippen LogP contribution in [0.1, 0.15) is 47.2 Å². The summed E-state index contributed by atoms with van der Waals surface area (Å²) in [4.78, 5) is 31.2. The van der Waals surface area contributed by atoms with Crippen LogP contribution in [0.25, 0.3) is 33.5 Å². The van der Waals surface area contributed by atoms with Gasteiger partial charge in [0, 0.05) is 55.1 Å². The molecule has 2 fully saturated rings. The number of nitrogens with zero attached hydrogens (tertiary/aromatic N) is 4. The second kappa shape index (κ2) is 9.12. The Morgan fingerprint density at radius 2 is 2.00 bits per heavy atom. The fourth-order valence-corrected chi connectivity index (χ4v) is 6.10. The van der Waals surface area contributed by atoms with E-state index in [0.29, 0.717) is 30.5 Å². The number of rotatable bonds is 7. The summed E-state index contributed by atoms with van der Waals surface area (Å²) in [6.07, 6.45) is 2.18. The van der Waals surface area contributed by atoms with Crippen molar-refractivity contribution in [3.8, 4) is 11.5 Å². The highest BCUT2D eigenvalue weighted by molar-refractivity contribution is 6.00. The van der Waals surface area contributed by atoms with Crippen LogP contribution in [-0.4, -0.2) is 68.5 Å². The highest BCUT2D eigenvalue weighted by Gasteiger charge is 2.29. The first-order valence-electron chi connectivity index (χ1n) is 13.8. The van der Waals surface area contributed by atoms with Crippen molar-refractivity contribution in [2.75, 3.05) is 26.3 Å². The number of amides is 2. The second-order valence-electron chi connectivity index (χ2n) is 11.5. The molecule has 202 valence electrons. The van der Waals surface area contributed by atoms with Gasteiger partial charge in [-0.1, -0.05) is 12.1 Å². The first-order valence-corrected chi connectivity index (χ1v) is 13.8. The molecule has 2 aromatic carbocycles. The van der Waals surface area contributed by atoms with Crippen LogP contribution in [0.15, 0.2) is 36.4 Å². The van der Waals surface area contributed by atoms with E-state index in [0.717, 1.165) is 54.3 Å². The highest BCUT2D eigenvalue weighted by atomic mass is 16.5. The predicted molar refractivity (Wildman–Crippen MR) is 148 cm³/mol. The first-order chi connectivity index (χ1) is 18.9. The number of ether oxygens (including phenoxy) is 1. The van der Waals surface area contributed by atoms with Crippen molar-refractivity contribution in [2.45, 2.75) is 44.7 Å².